The predicted molar refractivity (Wildman–Crippen MR) is 50.1 cm³/mol. The second-order valence-electron chi connectivity index (χ2n) is 1.50. The van der Waals surface area contributed by atoms with E-state index in [2.05, 4.69) is 0 Å². The molecule has 0 aliphatic heterocycles. The van der Waals surface area contributed by atoms with Crippen LogP contribution in [0.1, 0.15) is 0 Å². The van der Waals surface area contributed by atoms with Crippen molar-refractivity contribution < 1.29 is 8.42 Å². The van der Waals surface area contributed by atoms with Gasteiger partial charge in [0, 0.05) is 10.7 Å². The molecule has 0 saturated carbocycles. The first kappa shape index (κ1) is 8.76. The molecule has 0 radical (unpaired) electrons. The van der Waals surface area contributed by atoms with Crippen molar-refractivity contribution >= 4 is 53.7 Å². The Labute approximate surface area is 80.8 Å². The number of hydrogen-bond acceptors (Lipinski definition) is 3. The molecule has 0 aliphatic rings. The van der Waals surface area contributed by atoms with Crippen molar-refractivity contribution in [3.8, 4) is 0 Å². The predicted octanol–water partition coefficient (Wildman–Crippen LogP) is 2.28. The van der Waals surface area contributed by atoms with Crippen LogP contribution in [0.15, 0.2) is 16.3 Å². The molecule has 0 fully saturated rings. The van der Waals surface area contributed by atoms with Gasteiger partial charge in [0.1, 0.15) is 4.21 Å². The molecular weight excluding hydrogens is 307 g/mol. The second kappa shape index (κ2) is 2.96. The maximum Gasteiger partial charge on any atom is 0.270 e. The minimum absolute atomic E-state index is 0.207. The molecule has 0 aromatic carbocycles. The van der Waals surface area contributed by atoms with Crippen LogP contribution in [0.3, 0.4) is 0 Å². The molecule has 1 aromatic rings. The van der Waals surface area contributed by atoms with Gasteiger partial charge in [-0.2, -0.15) is 0 Å². The lowest BCUT2D eigenvalue weighted by Crippen LogP contribution is -1.82. The van der Waals surface area contributed by atoms with Crippen molar-refractivity contribution in [1.29, 1.82) is 0 Å². The van der Waals surface area contributed by atoms with E-state index in [-0.39, 0.29) is 4.21 Å². The molecule has 0 atom stereocenters. The summed E-state index contributed by atoms with van der Waals surface area (Å²) in [5, 5.41) is 0. The first-order chi connectivity index (χ1) is 4.50. The highest BCUT2D eigenvalue weighted by atomic mass is 127. The summed E-state index contributed by atoms with van der Waals surface area (Å²) >= 11 is 3.20. The van der Waals surface area contributed by atoms with Gasteiger partial charge in [-0.3, -0.25) is 0 Å². The monoisotopic (exact) mass is 308 g/mol. The molecule has 0 unspecified atom stereocenters. The van der Waals surface area contributed by atoms with E-state index in [9.17, 15) is 8.42 Å². The van der Waals surface area contributed by atoms with Crippen molar-refractivity contribution in [1.82, 2.24) is 0 Å². The Morgan fingerprint density at radius 3 is 2.30 bits per heavy atom. The molecule has 1 aromatic heterocycles. The zero-order valence-corrected chi connectivity index (χ0v) is 9.09. The third kappa shape index (κ3) is 2.08. The van der Waals surface area contributed by atoms with Gasteiger partial charge in [0.2, 0.25) is 0 Å². The molecule has 2 nitrogen and oxygen atoms in total. The van der Waals surface area contributed by atoms with Crippen LogP contribution in [0.4, 0.5) is 0 Å². The summed E-state index contributed by atoms with van der Waals surface area (Å²) in [6, 6.07) is 3.20. The van der Waals surface area contributed by atoms with E-state index in [1.54, 1.807) is 6.07 Å². The zero-order valence-electron chi connectivity index (χ0n) is 4.54. The average molecular weight is 309 g/mol. The number of hydrogen-bond donors (Lipinski definition) is 0. The largest absolute Gasteiger partial charge is 0.270 e. The van der Waals surface area contributed by atoms with E-state index in [1.165, 1.54) is 6.07 Å². The van der Waals surface area contributed by atoms with Gasteiger partial charge in [-0.1, -0.05) is 0 Å². The molecule has 0 amide bonds. The lowest BCUT2D eigenvalue weighted by Gasteiger charge is -1.83. The van der Waals surface area contributed by atoms with Gasteiger partial charge < -0.3 is 0 Å². The van der Waals surface area contributed by atoms with E-state index >= 15 is 0 Å². The molecule has 1 rings (SSSR count). The summed E-state index contributed by atoms with van der Waals surface area (Å²) in [5.41, 5.74) is 0. The Morgan fingerprint density at radius 2 is 2.10 bits per heavy atom. The molecule has 0 aliphatic carbocycles. The smallest absolute Gasteiger partial charge is 0.206 e. The highest BCUT2D eigenvalue weighted by molar-refractivity contribution is 14.1. The zero-order chi connectivity index (χ0) is 7.78. The topological polar surface area (TPSA) is 34.1 Å². The van der Waals surface area contributed by atoms with E-state index in [1.807, 2.05) is 22.6 Å². The van der Waals surface area contributed by atoms with Crippen molar-refractivity contribution in [2.24, 2.45) is 0 Å². The fourth-order valence-electron chi connectivity index (χ4n) is 0.429. The van der Waals surface area contributed by atoms with Crippen LogP contribution in [0, 0.1) is 2.88 Å². The summed E-state index contributed by atoms with van der Waals surface area (Å²) in [5.74, 6) is 0. The standard InChI is InChI=1S/C4H2ClIO2S2/c5-10(7,8)4-2-1-3(6)9-4/h1-2H. The first-order valence-electron chi connectivity index (χ1n) is 2.20. The summed E-state index contributed by atoms with van der Waals surface area (Å²) in [6.07, 6.45) is 0. The van der Waals surface area contributed by atoms with Gasteiger partial charge in [-0.15, -0.1) is 11.3 Å². The lowest BCUT2D eigenvalue weighted by atomic mass is 10.7. The third-order valence-corrected chi connectivity index (χ3v) is 4.78. The summed E-state index contributed by atoms with van der Waals surface area (Å²) in [6.45, 7) is 0. The SMILES string of the molecule is O=S(=O)(Cl)c1ccc(I)s1. The van der Waals surface area contributed by atoms with Crippen LogP contribution >= 0.6 is 44.6 Å². The average Bonchev–Trinajstić information content (AvgIpc) is 2.11. The van der Waals surface area contributed by atoms with Crippen LogP contribution in [0.2, 0.25) is 0 Å². The minimum Gasteiger partial charge on any atom is -0.206 e. The number of thiophene rings is 1. The van der Waals surface area contributed by atoms with E-state index in [0.29, 0.717) is 0 Å². The molecule has 0 N–H and O–H groups in total. The minimum atomic E-state index is -3.50. The number of rotatable bonds is 1. The van der Waals surface area contributed by atoms with Crippen molar-refractivity contribution in [3.05, 3.63) is 15.0 Å². The maximum atomic E-state index is 10.6. The third-order valence-electron chi connectivity index (χ3n) is 0.789. The van der Waals surface area contributed by atoms with E-state index in [4.69, 9.17) is 10.7 Å². The molecule has 1 heterocycles. The van der Waals surface area contributed by atoms with Crippen LogP contribution in [-0.2, 0) is 9.05 Å². The van der Waals surface area contributed by atoms with Crippen LogP contribution in [0.5, 0.6) is 0 Å². The normalized spacial score (nSPS) is 11.8. The molecule has 0 bridgehead atoms. The van der Waals surface area contributed by atoms with Crippen LogP contribution in [-0.4, -0.2) is 8.42 Å². The van der Waals surface area contributed by atoms with E-state index < -0.39 is 9.05 Å². The van der Waals surface area contributed by atoms with Crippen molar-refractivity contribution in [2.45, 2.75) is 4.21 Å². The fraction of sp³-hybridized carbons (Fsp3) is 0. The fourth-order valence-corrected chi connectivity index (χ4v) is 3.57. The highest BCUT2D eigenvalue weighted by Crippen LogP contribution is 2.25. The lowest BCUT2D eigenvalue weighted by molar-refractivity contribution is 0.611. The molecule has 0 saturated heterocycles. The van der Waals surface area contributed by atoms with Gasteiger partial charge in [-0.05, 0) is 34.7 Å². The molecule has 0 spiro atoms. The van der Waals surface area contributed by atoms with Gasteiger partial charge >= 0.3 is 0 Å². The van der Waals surface area contributed by atoms with Crippen molar-refractivity contribution in [3.63, 3.8) is 0 Å². The highest BCUT2D eigenvalue weighted by Gasteiger charge is 2.11. The number of halogens is 2. The van der Waals surface area contributed by atoms with Gasteiger partial charge in [-0.25, -0.2) is 8.42 Å². The Kier molecular flexibility index (Phi) is 2.59. The Balaban J connectivity index is 3.21. The van der Waals surface area contributed by atoms with Gasteiger partial charge in [0.25, 0.3) is 9.05 Å². The van der Waals surface area contributed by atoms with Gasteiger partial charge in [0.05, 0.1) is 2.88 Å². The summed E-state index contributed by atoms with van der Waals surface area (Å²) in [7, 11) is 1.56. The van der Waals surface area contributed by atoms with Crippen LogP contribution < -0.4 is 0 Å². The maximum absolute atomic E-state index is 10.6. The Morgan fingerprint density at radius 1 is 1.50 bits per heavy atom. The first-order valence-corrected chi connectivity index (χ1v) is 6.40. The van der Waals surface area contributed by atoms with Crippen molar-refractivity contribution in [2.75, 3.05) is 0 Å². The summed E-state index contributed by atoms with van der Waals surface area (Å²) < 4.78 is 22.4. The van der Waals surface area contributed by atoms with Gasteiger partial charge in [0.15, 0.2) is 0 Å². The molecule has 10 heavy (non-hydrogen) atoms. The Bertz CT molecular complexity index is 329. The summed E-state index contributed by atoms with van der Waals surface area (Å²) in [4.78, 5) is 0. The second-order valence-corrected chi connectivity index (χ2v) is 7.27. The van der Waals surface area contributed by atoms with Crippen LogP contribution in [0.25, 0.3) is 0 Å². The molecule has 6 heteroatoms. The quantitative estimate of drug-likeness (QED) is 0.589. The molecule has 56 valence electrons. The van der Waals surface area contributed by atoms with E-state index in [0.717, 1.165) is 14.2 Å². The molecular formula is C4H2ClIO2S2. The Hall–Kier alpha value is 0.670.